The summed E-state index contributed by atoms with van der Waals surface area (Å²) in [6.07, 6.45) is 2.02. The van der Waals surface area contributed by atoms with Gasteiger partial charge in [0, 0.05) is 13.0 Å². The van der Waals surface area contributed by atoms with Crippen molar-refractivity contribution in [3.05, 3.63) is 24.0 Å². The van der Waals surface area contributed by atoms with Crippen LogP contribution in [-0.4, -0.2) is 30.1 Å². The van der Waals surface area contributed by atoms with Crippen LogP contribution in [0.5, 0.6) is 5.75 Å². The van der Waals surface area contributed by atoms with Crippen LogP contribution >= 0.6 is 0 Å². The van der Waals surface area contributed by atoms with Crippen molar-refractivity contribution in [1.82, 2.24) is 4.98 Å². The summed E-state index contributed by atoms with van der Waals surface area (Å²) in [5, 5.41) is 0. The molecule has 0 aliphatic heterocycles. The van der Waals surface area contributed by atoms with Gasteiger partial charge >= 0.3 is 0 Å². The molecule has 1 unspecified atom stereocenters. The van der Waals surface area contributed by atoms with Gasteiger partial charge in [0.2, 0.25) is 0 Å². The van der Waals surface area contributed by atoms with Crippen molar-refractivity contribution in [2.45, 2.75) is 33.3 Å². The smallest absolute Gasteiger partial charge is 0.180 e. The zero-order valence-electron chi connectivity index (χ0n) is 10.6. The Morgan fingerprint density at radius 1 is 1.41 bits per heavy atom. The molecule has 0 aromatic carbocycles. The van der Waals surface area contributed by atoms with Crippen LogP contribution < -0.4 is 4.74 Å². The first-order valence-electron chi connectivity index (χ1n) is 5.91. The van der Waals surface area contributed by atoms with Crippen LogP contribution in [0.1, 0.15) is 37.7 Å². The first-order chi connectivity index (χ1) is 8.17. The van der Waals surface area contributed by atoms with Crippen molar-refractivity contribution in [1.29, 1.82) is 0 Å². The van der Waals surface area contributed by atoms with Gasteiger partial charge in [-0.2, -0.15) is 0 Å². The number of carbonyl (C=O) groups excluding carboxylic acids is 1. The van der Waals surface area contributed by atoms with E-state index in [1.165, 1.54) is 0 Å². The number of nitrogens with zero attached hydrogens (tertiary/aromatic N) is 1. The van der Waals surface area contributed by atoms with E-state index in [1.807, 2.05) is 20.8 Å². The van der Waals surface area contributed by atoms with E-state index >= 15 is 0 Å². The largest absolute Gasteiger partial charge is 0.487 e. The lowest BCUT2D eigenvalue weighted by atomic mass is 10.2. The van der Waals surface area contributed by atoms with E-state index in [0.29, 0.717) is 31.1 Å². The standard InChI is InChI=1S/C13H19NO3/c1-4-13(15)12-7-6-11(8-14-12)17-10(3)9-16-5-2/h6-8,10H,4-5,9H2,1-3H3. The molecule has 4 heteroatoms. The minimum absolute atomic E-state index is 0.0236. The van der Waals surface area contributed by atoms with E-state index in [1.54, 1.807) is 18.3 Å². The Morgan fingerprint density at radius 2 is 2.18 bits per heavy atom. The van der Waals surface area contributed by atoms with Gasteiger partial charge in [-0.25, -0.2) is 4.98 Å². The Morgan fingerprint density at radius 3 is 2.71 bits per heavy atom. The highest BCUT2D eigenvalue weighted by molar-refractivity contribution is 5.93. The van der Waals surface area contributed by atoms with Gasteiger partial charge in [-0.05, 0) is 26.0 Å². The molecule has 0 aliphatic rings. The predicted octanol–water partition coefficient (Wildman–Crippen LogP) is 2.48. The first kappa shape index (κ1) is 13.6. The SMILES string of the molecule is CCOCC(C)Oc1ccc(C(=O)CC)nc1. The van der Waals surface area contributed by atoms with Crippen LogP contribution in [0.15, 0.2) is 18.3 Å². The fourth-order valence-electron chi connectivity index (χ4n) is 1.35. The molecule has 0 bridgehead atoms. The van der Waals surface area contributed by atoms with Gasteiger partial charge in [0.05, 0.1) is 12.8 Å². The third-order valence-electron chi connectivity index (χ3n) is 2.24. The molecular weight excluding hydrogens is 218 g/mol. The molecule has 0 radical (unpaired) electrons. The Balaban J connectivity index is 2.53. The fourth-order valence-corrected chi connectivity index (χ4v) is 1.35. The molecule has 0 saturated carbocycles. The molecule has 0 aliphatic carbocycles. The number of pyridine rings is 1. The van der Waals surface area contributed by atoms with Crippen LogP contribution in [0.4, 0.5) is 0 Å². The second kappa shape index (κ2) is 7.01. The Hall–Kier alpha value is -1.42. The molecule has 1 atom stereocenters. The molecule has 17 heavy (non-hydrogen) atoms. The normalized spacial score (nSPS) is 12.2. The van der Waals surface area contributed by atoms with Crippen LogP contribution in [0.3, 0.4) is 0 Å². The molecular formula is C13H19NO3. The summed E-state index contributed by atoms with van der Waals surface area (Å²) in [7, 11) is 0. The number of ketones is 1. The van der Waals surface area contributed by atoms with Gasteiger partial charge in [0.25, 0.3) is 0 Å². The molecule has 0 fully saturated rings. The highest BCUT2D eigenvalue weighted by Crippen LogP contribution is 2.12. The summed E-state index contributed by atoms with van der Waals surface area (Å²) in [5.74, 6) is 0.698. The van der Waals surface area contributed by atoms with E-state index in [2.05, 4.69) is 4.98 Å². The van der Waals surface area contributed by atoms with Gasteiger partial charge in [-0.15, -0.1) is 0 Å². The Bertz CT molecular complexity index is 348. The number of aromatic nitrogens is 1. The lowest BCUT2D eigenvalue weighted by Gasteiger charge is -2.14. The maximum absolute atomic E-state index is 11.4. The van der Waals surface area contributed by atoms with Crippen molar-refractivity contribution in [3.8, 4) is 5.75 Å². The molecule has 1 aromatic rings. The number of hydrogen-bond acceptors (Lipinski definition) is 4. The molecule has 0 saturated heterocycles. The summed E-state index contributed by atoms with van der Waals surface area (Å²) in [6, 6.07) is 3.45. The lowest BCUT2D eigenvalue weighted by molar-refractivity contribution is 0.0655. The third kappa shape index (κ3) is 4.53. The third-order valence-corrected chi connectivity index (χ3v) is 2.24. The van der Waals surface area contributed by atoms with Gasteiger partial charge in [0.15, 0.2) is 5.78 Å². The summed E-state index contributed by atoms with van der Waals surface area (Å²) in [4.78, 5) is 15.4. The summed E-state index contributed by atoms with van der Waals surface area (Å²) >= 11 is 0. The number of hydrogen-bond donors (Lipinski definition) is 0. The molecule has 94 valence electrons. The molecule has 1 aromatic heterocycles. The quantitative estimate of drug-likeness (QED) is 0.683. The van der Waals surface area contributed by atoms with E-state index < -0.39 is 0 Å². The topological polar surface area (TPSA) is 48.4 Å². The fraction of sp³-hybridized carbons (Fsp3) is 0.538. The van der Waals surface area contributed by atoms with Crippen LogP contribution in [0, 0.1) is 0 Å². The minimum Gasteiger partial charge on any atom is -0.487 e. The van der Waals surface area contributed by atoms with Crippen molar-refractivity contribution < 1.29 is 14.3 Å². The number of Topliss-reactive ketones (excluding diaryl/α,β-unsaturated/α-hetero) is 1. The van der Waals surface area contributed by atoms with Crippen molar-refractivity contribution >= 4 is 5.78 Å². The zero-order chi connectivity index (χ0) is 12.7. The van der Waals surface area contributed by atoms with E-state index in [9.17, 15) is 4.79 Å². The maximum atomic E-state index is 11.4. The number of carbonyl (C=O) groups is 1. The van der Waals surface area contributed by atoms with Crippen molar-refractivity contribution in [3.63, 3.8) is 0 Å². The first-order valence-corrected chi connectivity index (χ1v) is 5.91. The Kier molecular flexibility index (Phi) is 5.63. The number of rotatable bonds is 7. The molecule has 1 rings (SSSR count). The van der Waals surface area contributed by atoms with Crippen LogP contribution in [0.25, 0.3) is 0 Å². The maximum Gasteiger partial charge on any atom is 0.180 e. The van der Waals surface area contributed by atoms with Crippen LogP contribution in [0.2, 0.25) is 0 Å². The molecule has 1 heterocycles. The second-order valence-corrected chi connectivity index (χ2v) is 3.74. The number of ether oxygens (including phenoxy) is 2. The van der Waals surface area contributed by atoms with E-state index in [4.69, 9.17) is 9.47 Å². The van der Waals surface area contributed by atoms with E-state index in [0.717, 1.165) is 0 Å². The summed E-state index contributed by atoms with van der Waals surface area (Å²) in [5.41, 5.74) is 0.484. The van der Waals surface area contributed by atoms with Gasteiger partial charge in [-0.3, -0.25) is 4.79 Å². The average molecular weight is 237 g/mol. The van der Waals surface area contributed by atoms with Crippen LogP contribution in [-0.2, 0) is 4.74 Å². The summed E-state index contributed by atoms with van der Waals surface area (Å²) in [6.45, 7) is 6.92. The van der Waals surface area contributed by atoms with E-state index in [-0.39, 0.29) is 11.9 Å². The molecule has 0 amide bonds. The zero-order valence-corrected chi connectivity index (χ0v) is 10.6. The lowest BCUT2D eigenvalue weighted by Crippen LogP contribution is -2.19. The highest BCUT2D eigenvalue weighted by atomic mass is 16.5. The molecule has 0 N–H and O–H groups in total. The van der Waals surface area contributed by atoms with Gasteiger partial charge in [0.1, 0.15) is 17.5 Å². The van der Waals surface area contributed by atoms with Gasteiger partial charge in [-0.1, -0.05) is 6.92 Å². The van der Waals surface area contributed by atoms with Gasteiger partial charge < -0.3 is 9.47 Å². The predicted molar refractivity (Wildman–Crippen MR) is 65.4 cm³/mol. The Labute approximate surface area is 102 Å². The van der Waals surface area contributed by atoms with Crippen molar-refractivity contribution in [2.75, 3.05) is 13.2 Å². The average Bonchev–Trinajstić information content (AvgIpc) is 2.36. The van der Waals surface area contributed by atoms with Crippen molar-refractivity contribution in [2.24, 2.45) is 0 Å². The minimum atomic E-state index is -0.0236. The molecule has 4 nitrogen and oxygen atoms in total. The summed E-state index contributed by atoms with van der Waals surface area (Å²) < 4.78 is 10.8. The highest BCUT2D eigenvalue weighted by Gasteiger charge is 2.07. The molecule has 0 spiro atoms. The monoisotopic (exact) mass is 237 g/mol. The second-order valence-electron chi connectivity index (χ2n) is 3.74.